The van der Waals surface area contributed by atoms with Crippen LogP contribution in [-0.4, -0.2) is 18.1 Å². The highest BCUT2D eigenvalue weighted by molar-refractivity contribution is 6.31. The smallest absolute Gasteiger partial charge is 0.255 e. The first-order valence-corrected chi connectivity index (χ1v) is 6.71. The number of aromatic hydroxyl groups is 1. The van der Waals surface area contributed by atoms with Gasteiger partial charge in [-0.15, -0.1) is 0 Å². The first-order chi connectivity index (χ1) is 10.1. The molecule has 5 nitrogen and oxygen atoms in total. The molecule has 6 heteroatoms. The van der Waals surface area contributed by atoms with E-state index in [9.17, 15) is 9.90 Å². The van der Waals surface area contributed by atoms with E-state index in [1.54, 1.807) is 36.4 Å². The van der Waals surface area contributed by atoms with Gasteiger partial charge in [-0.05, 0) is 24.3 Å². The van der Waals surface area contributed by atoms with Crippen LogP contribution in [0.4, 0.5) is 5.69 Å². The van der Waals surface area contributed by atoms with Crippen LogP contribution in [-0.2, 0) is 0 Å². The van der Waals surface area contributed by atoms with Gasteiger partial charge in [-0.1, -0.05) is 23.7 Å². The fourth-order valence-corrected chi connectivity index (χ4v) is 2.50. The number of fused-ring (bicyclic) bond motifs is 1. The zero-order valence-electron chi connectivity index (χ0n) is 11.2. The Bertz CT molecular complexity index is 718. The summed E-state index contributed by atoms with van der Waals surface area (Å²) in [4.78, 5) is 12.1. The second-order valence-corrected chi connectivity index (χ2v) is 5.08. The Hall–Kier alpha value is -2.40. The number of anilines is 1. The highest BCUT2D eigenvalue weighted by Gasteiger charge is 2.27. The van der Waals surface area contributed by atoms with Crippen LogP contribution in [0.15, 0.2) is 36.4 Å². The lowest BCUT2D eigenvalue weighted by atomic mass is 10.0. The van der Waals surface area contributed by atoms with Crippen LogP contribution in [0.1, 0.15) is 22.1 Å². The highest BCUT2D eigenvalue weighted by Crippen LogP contribution is 2.36. The summed E-state index contributed by atoms with van der Waals surface area (Å²) in [6, 6.07) is 10.1. The summed E-state index contributed by atoms with van der Waals surface area (Å²) in [7, 11) is 1.47. The zero-order valence-corrected chi connectivity index (χ0v) is 11.9. The number of nitrogens with one attached hydrogen (secondary N) is 2. The molecule has 21 heavy (non-hydrogen) atoms. The van der Waals surface area contributed by atoms with Crippen molar-refractivity contribution < 1.29 is 14.6 Å². The number of rotatable bonds is 2. The molecular formula is C15H13ClN2O3. The van der Waals surface area contributed by atoms with Gasteiger partial charge in [0.05, 0.1) is 18.4 Å². The third kappa shape index (κ3) is 2.36. The Labute approximate surface area is 126 Å². The monoisotopic (exact) mass is 304 g/mol. The summed E-state index contributed by atoms with van der Waals surface area (Å²) in [5.41, 5.74) is 1.66. The molecule has 1 amide bonds. The van der Waals surface area contributed by atoms with Crippen LogP contribution < -0.4 is 15.4 Å². The molecule has 0 fully saturated rings. The maximum absolute atomic E-state index is 12.1. The van der Waals surface area contributed by atoms with Crippen molar-refractivity contribution in [1.29, 1.82) is 0 Å². The first kappa shape index (κ1) is 13.6. The molecule has 3 N–H and O–H groups in total. The minimum Gasteiger partial charge on any atom is -0.504 e. The van der Waals surface area contributed by atoms with Gasteiger partial charge in [-0.2, -0.15) is 0 Å². The number of halogens is 1. The third-order valence-corrected chi connectivity index (χ3v) is 3.60. The molecule has 0 spiro atoms. The molecule has 0 saturated heterocycles. The second-order valence-electron chi connectivity index (χ2n) is 4.64. The lowest BCUT2D eigenvalue weighted by Crippen LogP contribution is -2.38. The normalized spacial score (nSPS) is 16.7. The topological polar surface area (TPSA) is 70.6 Å². The Morgan fingerprint density at radius 1 is 1.24 bits per heavy atom. The van der Waals surface area contributed by atoms with Gasteiger partial charge >= 0.3 is 0 Å². The van der Waals surface area contributed by atoms with Crippen LogP contribution >= 0.6 is 11.6 Å². The third-order valence-electron chi connectivity index (χ3n) is 3.36. The molecule has 0 aromatic heterocycles. The number of phenolic OH excluding ortho intramolecular Hbond substituents is 1. The number of hydrogen-bond donors (Lipinski definition) is 3. The average Bonchev–Trinajstić information content (AvgIpc) is 2.47. The summed E-state index contributed by atoms with van der Waals surface area (Å²) in [6.07, 6.45) is -0.557. The Morgan fingerprint density at radius 2 is 2.05 bits per heavy atom. The number of para-hydroxylation sites is 1. The molecule has 3 rings (SSSR count). The van der Waals surface area contributed by atoms with Gasteiger partial charge in [0.1, 0.15) is 6.17 Å². The predicted molar refractivity (Wildman–Crippen MR) is 79.9 cm³/mol. The van der Waals surface area contributed by atoms with Crippen molar-refractivity contribution in [2.24, 2.45) is 0 Å². The molecule has 1 aliphatic heterocycles. The van der Waals surface area contributed by atoms with Gasteiger partial charge in [0, 0.05) is 10.6 Å². The van der Waals surface area contributed by atoms with E-state index in [1.807, 2.05) is 0 Å². The molecule has 1 heterocycles. The Morgan fingerprint density at radius 3 is 2.81 bits per heavy atom. The number of carbonyl (C=O) groups is 1. The van der Waals surface area contributed by atoms with Crippen LogP contribution in [0.2, 0.25) is 5.02 Å². The number of carbonyl (C=O) groups excluding carboxylic acids is 1. The molecule has 0 unspecified atom stereocenters. The van der Waals surface area contributed by atoms with Crippen molar-refractivity contribution in [3.63, 3.8) is 0 Å². The van der Waals surface area contributed by atoms with Crippen molar-refractivity contribution in [2.45, 2.75) is 6.17 Å². The highest BCUT2D eigenvalue weighted by atomic mass is 35.5. The summed E-state index contributed by atoms with van der Waals surface area (Å²) in [6.45, 7) is 0. The molecule has 1 aliphatic rings. The molecule has 108 valence electrons. The molecule has 1 atom stereocenters. The largest absolute Gasteiger partial charge is 0.504 e. The minimum absolute atomic E-state index is 0.0109. The van der Waals surface area contributed by atoms with Gasteiger partial charge in [0.15, 0.2) is 11.5 Å². The fraction of sp³-hybridized carbons (Fsp3) is 0.133. The van der Waals surface area contributed by atoms with Gasteiger partial charge in [-0.25, -0.2) is 0 Å². The van der Waals surface area contributed by atoms with E-state index >= 15 is 0 Å². The van der Waals surface area contributed by atoms with Gasteiger partial charge < -0.3 is 20.5 Å². The summed E-state index contributed by atoms with van der Waals surface area (Å²) in [5.74, 6) is 0.108. The lowest BCUT2D eigenvalue weighted by molar-refractivity contribution is 0.0935. The molecular weight excluding hydrogens is 292 g/mol. The van der Waals surface area contributed by atoms with Gasteiger partial charge in [-0.3, -0.25) is 4.79 Å². The van der Waals surface area contributed by atoms with E-state index in [0.29, 0.717) is 27.6 Å². The molecule has 0 saturated carbocycles. The molecule has 2 aromatic carbocycles. The Kier molecular flexibility index (Phi) is 3.35. The summed E-state index contributed by atoms with van der Waals surface area (Å²) < 4.78 is 5.08. The zero-order chi connectivity index (χ0) is 15.0. The predicted octanol–water partition coefficient (Wildman–Crippen LogP) is 2.91. The van der Waals surface area contributed by atoms with Crippen LogP contribution in [0.5, 0.6) is 11.5 Å². The van der Waals surface area contributed by atoms with Crippen molar-refractivity contribution in [2.75, 3.05) is 12.4 Å². The summed E-state index contributed by atoms with van der Waals surface area (Å²) in [5, 5.41) is 16.7. The van der Waals surface area contributed by atoms with Crippen molar-refractivity contribution in [1.82, 2.24) is 5.32 Å². The Balaban J connectivity index is 2.01. The number of hydrogen-bond acceptors (Lipinski definition) is 4. The van der Waals surface area contributed by atoms with E-state index in [-0.39, 0.29) is 11.7 Å². The van der Waals surface area contributed by atoms with Crippen molar-refractivity contribution >= 4 is 23.2 Å². The minimum atomic E-state index is -0.557. The lowest BCUT2D eigenvalue weighted by Gasteiger charge is -2.28. The molecule has 0 bridgehead atoms. The molecule has 2 aromatic rings. The van der Waals surface area contributed by atoms with Crippen LogP contribution in [0.3, 0.4) is 0 Å². The SMILES string of the molecule is COc1cccc([C@H]2NC(=O)c3ccc(Cl)cc3N2)c1O. The number of phenols is 1. The standard InChI is InChI=1S/C15H13ClN2O3/c1-21-12-4-2-3-10(13(12)19)14-17-11-7-8(16)5-6-9(11)15(20)18-14/h2-7,14,17,19H,1H3,(H,18,20)/t14-/m1/s1. The quantitative estimate of drug-likeness (QED) is 0.798. The van der Waals surface area contributed by atoms with E-state index in [1.165, 1.54) is 7.11 Å². The van der Waals surface area contributed by atoms with Crippen molar-refractivity contribution in [3.8, 4) is 11.5 Å². The number of benzene rings is 2. The van der Waals surface area contributed by atoms with Crippen molar-refractivity contribution in [3.05, 3.63) is 52.5 Å². The van der Waals surface area contributed by atoms with Gasteiger partial charge in [0.2, 0.25) is 0 Å². The maximum Gasteiger partial charge on any atom is 0.255 e. The van der Waals surface area contributed by atoms with Crippen LogP contribution in [0.25, 0.3) is 0 Å². The number of ether oxygens (including phenoxy) is 1. The van der Waals surface area contributed by atoms with Gasteiger partial charge in [0.25, 0.3) is 5.91 Å². The van der Waals surface area contributed by atoms with E-state index < -0.39 is 6.17 Å². The van der Waals surface area contributed by atoms with E-state index in [4.69, 9.17) is 16.3 Å². The van der Waals surface area contributed by atoms with E-state index in [0.717, 1.165) is 0 Å². The van der Waals surface area contributed by atoms with Crippen LogP contribution in [0, 0.1) is 0 Å². The van der Waals surface area contributed by atoms with E-state index in [2.05, 4.69) is 10.6 Å². The number of amides is 1. The summed E-state index contributed by atoms with van der Waals surface area (Å²) >= 11 is 5.96. The fourth-order valence-electron chi connectivity index (χ4n) is 2.33. The maximum atomic E-state index is 12.1. The second kappa shape index (κ2) is 5.18. The number of methoxy groups -OCH3 is 1. The molecule has 0 radical (unpaired) electrons. The average molecular weight is 305 g/mol. The molecule has 0 aliphatic carbocycles. The first-order valence-electron chi connectivity index (χ1n) is 6.33.